The molecule has 1 aliphatic heterocycles. The number of benzene rings is 3. The second kappa shape index (κ2) is 9.04. The Morgan fingerprint density at radius 2 is 1.74 bits per heavy atom. The molecule has 3 aromatic carbocycles. The number of Topliss-reactive ketones (excluding diaryl/α,β-unsaturated/α-hetero) is 1. The van der Waals surface area contributed by atoms with Gasteiger partial charge in [-0.15, -0.1) is 5.10 Å². The molecule has 35 heavy (non-hydrogen) atoms. The predicted molar refractivity (Wildman–Crippen MR) is 135 cm³/mol. The van der Waals surface area contributed by atoms with Crippen molar-refractivity contribution in [1.82, 2.24) is 14.8 Å². The zero-order chi connectivity index (χ0) is 23.8. The lowest BCUT2D eigenvalue weighted by Gasteiger charge is -2.32. The first-order chi connectivity index (χ1) is 17.2. The highest BCUT2D eigenvalue weighted by molar-refractivity contribution is 6.33. The van der Waals surface area contributed by atoms with Crippen LogP contribution < -0.4 is 10.1 Å². The van der Waals surface area contributed by atoms with E-state index >= 15 is 0 Å². The quantitative estimate of drug-likeness (QED) is 0.367. The zero-order valence-corrected chi connectivity index (χ0v) is 19.7. The zero-order valence-electron chi connectivity index (χ0n) is 18.9. The molecule has 4 aromatic rings. The first-order valence-electron chi connectivity index (χ1n) is 11.7. The maximum Gasteiger partial charge on any atom is 0.226 e. The number of ether oxygens (including phenoxy) is 1. The maximum absolute atomic E-state index is 13.1. The molecule has 1 aromatic heterocycles. The lowest BCUT2D eigenvalue weighted by molar-refractivity contribution is -0.116. The van der Waals surface area contributed by atoms with Crippen molar-refractivity contribution in [3.8, 4) is 17.1 Å². The first kappa shape index (κ1) is 21.6. The molecule has 0 bridgehead atoms. The lowest BCUT2D eigenvalue weighted by Crippen LogP contribution is -2.31. The van der Waals surface area contributed by atoms with Crippen LogP contribution in [0.2, 0.25) is 5.02 Å². The highest BCUT2D eigenvalue weighted by Gasteiger charge is 2.37. The van der Waals surface area contributed by atoms with Crippen molar-refractivity contribution in [3.63, 3.8) is 0 Å². The van der Waals surface area contributed by atoms with Crippen molar-refractivity contribution < 1.29 is 9.53 Å². The van der Waals surface area contributed by atoms with Crippen LogP contribution in [0.4, 0.5) is 5.95 Å². The van der Waals surface area contributed by atoms with Crippen LogP contribution in [0.1, 0.15) is 36.4 Å². The van der Waals surface area contributed by atoms with E-state index < -0.39 is 0 Å². The Labute approximate surface area is 208 Å². The van der Waals surface area contributed by atoms with E-state index in [1.165, 1.54) is 0 Å². The largest absolute Gasteiger partial charge is 0.489 e. The minimum atomic E-state index is -0.360. The van der Waals surface area contributed by atoms with E-state index in [0.29, 0.717) is 29.8 Å². The summed E-state index contributed by atoms with van der Waals surface area (Å²) in [5.41, 5.74) is 4.51. The Morgan fingerprint density at radius 1 is 0.971 bits per heavy atom. The van der Waals surface area contributed by atoms with Crippen molar-refractivity contribution in [2.45, 2.75) is 31.9 Å². The topological polar surface area (TPSA) is 69.0 Å². The highest BCUT2D eigenvalue weighted by Crippen LogP contribution is 2.41. The highest BCUT2D eigenvalue weighted by atomic mass is 35.5. The molecular weight excluding hydrogens is 460 g/mol. The predicted octanol–water partition coefficient (Wildman–Crippen LogP) is 6.20. The van der Waals surface area contributed by atoms with Crippen LogP contribution in [-0.4, -0.2) is 20.5 Å². The molecule has 6 rings (SSSR count). The van der Waals surface area contributed by atoms with Gasteiger partial charge in [-0.1, -0.05) is 66.2 Å². The van der Waals surface area contributed by atoms with Gasteiger partial charge >= 0.3 is 0 Å². The van der Waals surface area contributed by atoms with Crippen LogP contribution in [-0.2, 0) is 11.4 Å². The second-order valence-corrected chi connectivity index (χ2v) is 9.13. The molecule has 0 spiro atoms. The van der Waals surface area contributed by atoms with Gasteiger partial charge in [-0.2, -0.15) is 4.98 Å². The van der Waals surface area contributed by atoms with Gasteiger partial charge in [0.1, 0.15) is 18.4 Å². The van der Waals surface area contributed by atoms with Crippen LogP contribution in [0.25, 0.3) is 11.4 Å². The standard InChI is InChI=1S/C28H23ClN4O2/c29-22-10-5-4-9-21(22)27-31-28-30-23-11-6-12-24(34)25(23)26(33(28)32-27)19-13-15-20(16-14-19)35-17-18-7-2-1-3-8-18/h1-5,7-10,13-16,26H,6,11-12,17H2,(H,30,31,32)/t26-/m0/s1. The number of nitrogens with zero attached hydrogens (tertiary/aromatic N) is 3. The number of ketones is 1. The molecule has 0 radical (unpaired) electrons. The molecule has 7 heteroatoms. The molecule has 0 fully saturated rings. The minimum Gasteiger partial charge on any atom is -0.489 e. The Kier molecular flexibility index (Phi) is 5.58. The fraction of sp³-hybridized carbons (Fsp3) is 0.179. The first-order valence-corrected chi connectivity index (χ1v) is 12.1. The number of allylic oxidation sites excluding steroid dienone is 2. The number of aromatic nitrogens is 3. The van der Waals surface area contributed by atoms with E-state index in [1.807, 2.05) is 78.9 Å². The van der Waals surface area contributed by atoms with Crippen LogP contribution in [0, 0.1) is 0 Å². The molecule has 0 amide bonds. The summed E-state index contributed by atoms with van der Waals surface area (Å²) in [6, 6.07) is 25.1. The van der Waals surface area contributed by atoms with Crippen LogP contribution in [0.5, 0.6) is 5.75 Å². The monoisotopic (exact) mass is 482 g/mol. The van der Waals surface area contributed by atoms with E-state index in [4.69, 9.17) is 26.4 Å². The van der Waals surface area contributed by atoms with Gasteiger partial charge < -0.3 is 10.1 Å². The van der Waals surface area contributed by atoms with Gasteiger partial charge in [0.25, 0.3) is 0 Å². The molecule has 0 saturated heterocycles. The number of nitrogens with one attached hydrogen (secondary N) is 1. The van der Waals surface area contributed by atoms with Gasteiger partial charge in [-0.25, -0.2) is 4.68 Å². The molecule has 1 atom stereocenters. The lowest BCUT2D eigenvalue weighted by atomic mass is 9.85. The molecular formula is C28H23ClN4O2. The average molecular weight is 483 g/mol. The van der Waals surface area contributed by atoms with Gasteiger partial charge in [-0.05, 0) is 48.2 Å². The number of hydrogen-bond acceptors (Lipinski definition) is 5. The Morgan fingerprint density at radius 3 is 2.54 bits per heavy atom. The molecule has 1 N–H and O–H groups in total. The van der Waals surface area contributed by atoms with E-state index in [9.17, 15) is 4.79 Å². The summed E-state index contributed by atoms with van der Waals surface area (Å²) < 4.78 is 7.77. The van der Waals surface area contributed by atoms with E-state index in [-0.39, 0.29) is 11.8 Å². The van der Waals surface area contributed by atoms with Crippen molar-refractivity contribution >= 4 is 23.3 Å². The number of anilines is 1. The Hall–Kier alpha value is -3.90. The molecule has 2 aliphatic rings. The Balaban J connectivity index is 1.36. The molecule has 1 aliphatic carbocycles. The number of rotatable bonds is 5. The fourth-order valence-corrected chi connectivity index (χ4v) is 4.93. The van der Waals surface area contributed by atoms with Crippen molar-refractivity contribution in [2.75, 3.05) is 5.32 Å². The SMILES string of the molecule is O=C1CCCC2=C1[C@H](c1ccc(OCc3ccccc3)cc1)n1nc(-c3ccccc3Cl)nc1N2. The smallest absolute Gasteiger partial charge is 0.226 e. The van der Waals surface area contributed by atoms with Crippen LogP contribution in [0.3, 0.4) is 0 Å². The maximum atomic E-state index is 13.1. The molecule has 6 nitrogen and oxygen atoms in total. The number of fused-ring (bicyclic) bond motifs is 1. The van der Waals surface area contributed by atoms with Gasteiger partial charge in [-0.3, -0.25) is 4.79 Å². The van der Waals surface area contributed by atoms with Crippen LogP contribution >= 0.6 is 11.6 Å². The van der Waals surface area contributed by atoms with Gasteiger partial charge in [0.2, 0.25) is 5.95 Å². The summed E-state index contributed by atoms with van der Waals surface area (Å²) in [5, 5.41) is 8.76. The number of hydrogen-bond donors (Lipinski definition) is 1. The van der Waals surface area contributed by atoms with E-state index in [1.54, 1.807) is 4.68 Å². The Bertz CT molecular complexity index is 1430. The second-order valence-electron chi connectivity index (χ2n) is 8.72. The summed E-state index contributed by atoms with van der Waals surface area (Å²) in [5.74, 6) is 2.06. The summed E-state index contributed by atoms with van der Waals surface area (Å²) in [4.78, 5) is 17.8. The third-order valence-electron chi connectivity index (χ3n) is 6.43. The number of halogens is 1. The fourth-order valence-electron chi connectivity index (χ4n) is 4.71. The van der Waals surface area contributed by atoms with Crippen LogP contribution in [0.15, 0.2) is 90.1 Å². The third-order valence-corrected chi connectivity index (χ3v) is 6.76. The molecule has 0 saturated carbocycles. The summed E-state index contributed by atoms with van der Waals surface area (Å²) >= 11 is 6.42. The molecule has 0 unspecified atom stereocenters. The van der Waals surface area contributed by atoms with E-state index in [2.05, 4.69) is 5.32 Å². The number of carbonyl (C=O) groups excluding carboxylic acids is 1. The average Bonchev–Trinajstić information content (AvgIpc) is 3.31. The summed E-state index contributed by atoms with van der Waals surface area (Å²) in [6.07, 6.45) is 2.18. The van der Waals surface area contributed by atoms with Crippen molar-refractivity contribution in [1.29, 1.82) is 0 Å². The van der Waals surface area contributed by atoms with E-state index in [0.717, 1.165) is 46.6 Å². The third kappa shape index (κ3) is 4.10. The molecule has 2 heterocycles. The van der Waals surface area contributed by atoms with Crippen molar-refractivity contribution in [3.05, 3.63) is 106 Å². The van der Waals surface area contributed by atoms with Gasteiger partial charge in [0.15, 0.2) is 11.6 Å². The van der Waals surface area contributed by atoms with Gasteiger partial charge in [0.05, 0.1) is 5.02 Å². The normalized spacial score (nSPS) is 16.9. The van der Waals surface area contributed by atoms with Gasteiger partial charge in [0, 0.05) is 23.3 Å². The minimum absolute atomic E-state index is 0.147. The summed E-state index contributed by atoms with van der Waals surface area (Å²) in [7, 11) is 0. The summed E-state index contributed by atoms with van der Waals surface area (Å²) in [6.45, 7) is 0.496. The molecule has 174 valence electrons. The van der Waals surface area contributed by atoms with Crippen molar-refractivity contribution in [2.24, 2.45) is 0 Å². The number of carbonyl (C=O) groups is 1.